The molecule has 0 radical (unpaired) electrons. The minimum absolute atomic E-state index is 0.00492. The van der Waals surface area contributed by atoms with Gasteiger partial charge in [0.1, 0.15) is 11.5 Å². The van der Waals surface area contributed by atoms with Gasteiger partial charge in [-0.25, -0.2) is 5.43 Å². The lowest BCUT2D eigenvalue weighted by atomic mass is 10.2. The maximum atomic E-state index is 11.9. The van der Waals surface area contributed by atoms with Crippen LogP contribution in [0.25, 0.3) is 0 Å². The molecule has 0 aliphatic carbocycles. The van der Waals surface area contributed by atoms with Crippen LogP contribution in [0.4, 0.5) is 11.4 Å². The Labute approximate surface area is 182 Å². The predicted molar refractivity (Wildman–Crippen MR) is 119 cm³/mol. The summed E-state index contributed by atoms with van der Waals surface area (Å²) in [5, 5.41) is 22.2. The number of carbonyl (C=O) groups excluding carboxylic acids is 1. The number of nitrogens with one attached hydrogen (secondary N) is 1. The van der Waals surface area contributed by atoms with Gasteiger partial charge < -0.3 is 9.84 Å². The van der Waals surface area contributed by atoms with E-state index in [-0.39, 0.29) is 12.4 Å². The molecule has 7 nitrogen and oxygen atoms in total. The van der Waals surface area contributed by atoms with E-state index in [2.05, 4.69) is 36.7 Å². The van der Waals surface area contributed by atoms with Crippen LogP contribution in [0.1, 0.15) is 11.1 Å². The lowest BCUT2D eigenvalue weighted by Crippen LogP contribution is -2.24. The summed E-state index contributed by atoms with van der Waals surface area (Å²) in [7, 11) is 0. The van der Waals surface area contributed by atoms with Crippen molar-refractivity contribution in [2.75, 3.05) is 6.61 Å². The van der Waals surface area contributed by atoms with Crippen molar-refractivity contribution in [2.24, 2.45) is 15.3 Å². The van der Waals surface area contributed by atoms with E-state index in [0.29, 0.717) is 22.7 Å². The van der Waals surface area contributed by atoms with Crippen molar-refractivity contribution < 1.29 is 14.6 Å². The number of hydrogen-bond donors (Lipinski definition) is 2. The number of nitrogens with zero attached hydrogens (tertiary/aromatic N) is 3. The van der Waals surface area contributed by atoms with E-state index in [4.69, 9.17) is 4.74 Å². The number of aryl methyl sites for hydroxylation is 1. The number of amides is 1. The topological polar surface area (TPSA) is 95.6 Å². The molecule has 0 atom stereocenters. The quantitative estimate of drug-likeness (QED) is 0.276. The molecule has 3 rings (SSSR count). The zero-order chi connectivity index (χ0) is 21.3. The molecule has 0 unspecified atom stereocenters. The number of aromatic hydroxyl groups is 1. The maximum absolute atomic E-state index is 11.9. The molecule has 3 aromatic carbocycles. The van der Waals surface area contributed by atoms with E-state index in [1.165, 1.54) is 12.3 Å². The molecular formula is C22H19BrN4O3. The third-order valence-electron chi connectivity index (χ3n) is 3.88. The number of ether oxygens (including phenoxy) is 1. The molecule has 30 heavy (non-hydrogen) atoms. The number of phenolic OH excluding ortho intramolecular Hbond substituents is 1. The van der Waals surface area contributed by atoms with E-state index in [1.54, 1.807) is 24.3 Å². The number of benzene rings is 3. The van der Waals surface area contributed by atoms with E-state index in [0.717, 1.165) is 10.0 Å². The van der Waals surface area contributed by atoms with Crippen molar-refractivity contribution in [3.8, 4) is 11.5 Å². The third kappa shape index (κ3) is 6.52. The molecule has 0 aromatic heterocycles. The Balaban J connectivity index is 1.57. The van der Waals surface area contributed by atoms with Crippen LogP contribution in [-0.4, -0.2) is 23.8 Å². The average molecular weight is 467 g/mol. The minimum atomic E-state index is -0.420. The molecule has 0 heterocycles. The fraction of sp³-hybridized carbons (Fsp3) is 0.0909. The van der Waals surface area contributed by atoms with Crippen LogP contribution in [0.2, 0.25) is 0 Å². The third-order valence-corrected chi connectivity index (χ3v) is 4.38. The van der Waals surface area contributed by atoms with E-state index < -0.39 is 5.91 Å². The molecule has 0 aliphatic heterocycles. The molecule has 2 N–H and O–H groups in total. The van der Waals surface area contributed by atoms with Crippen LogP contribution < -0.4 is 10.2 Å². The van der Waals surface area contributed by atoms with Gasteiger partial charge in [0.2, 0.25) is 0 Å². The molecular weight excluding hydrogens is 448 g/mol. The summed E-state index contributed by atoms with van der Waals surface area (Å²) in [4.78, 5) is 11.9. The summed E-state index contributed by atoms with van der Waals surface area (Å²) in [5.74, 6) is 0.183. The Morgan fingerprint density at radius 1 is 1.07 bits per heavy atom. The first-order valence-electron chi connectivity index (χ1n) is 9.01. The van der Waals surface area contributed by atoms with Gasteiger partial charge in [-0.15, -0.1) is 0 Å². The van der Waals surface area contributed by atoms with Crippen molar-refractivity contribution in [3.63, 3.8) is 0 Å². The van der Waals surface area contributed by atoms with Gasteiger partial charge in [-0.1, -0.05) is 39.7 Å². The van der Waals surface area contributed by atoms with E-state index >= 15 is 0 Å². The largest absolute Gasteiger partial charge is 0.507 e. The van der Waals surface area contributed by atoms with Crippen LogP contribution in [0.15, 0.2) is 86.5 Å². The van der Waals surface area contributed by atoms with Crippen molar-refractivity contribution >= 4 is 39.4 Å². The molecule has 3 aromatic rings. The lowest BCUT2D eigenvalue weighted by Gasteiger charge is -2.05. The first-order valence-corrected chi connectivity index (χ1v) is 9.80. The second kappa shape index (κ2) is 10.3. The zero-order valence-electron chi connectivity index (χ0n) is 16.1. The highest BCUT2D eigenvalue weighted by Gasteiger charge is 2.03. The average Bonchev–Trinajstić information content (AvgIpc) is 2.74. The van der Waals surface area contributed by atoms with Crippen molar-refractivity contribution in [1.29, 1.82) is 0 Å². The Hall–Kier alpha value is -3.52. The SMILES string of the molecule is Cc1ccc(OCC(=O)NN=Cc2cc(N=Nc3cccc(Br)c3)ccc2O)cc1. The van der Waals surface area contributed by atoms with Gasteiger partial charge in [0.25, 0.3) is 5.91 Å². The van der Waals surface area contributed by atoms with Crippen LogP contribution in [-0.2, 0) is 4.79 Å². The first kappa shape index (κ1) is 21.2. The molecule has 0 fully saturated rings. The van der Waals surface area contributed by atoms with Crippen LogP contribution in [0.3, 0.4) is 0 Å². The molecule has 0 spiro atoms. The standard InChI is InChI=1S/C22H19BrN4O3/c1-15-5-8-20(9-6-15)30-14-22(29)27-24-13-16-11-19(7-10-21(16)28)26-25-18-4-2-3-17(23)12-18/h2-13,28H,14H2,1H3,(H,27,29). The zero-order valence-corrected chi connectivity index (χ0v) is 17.7. The van der Waals surface area contributed by atoms with Crippen molar-refractivity contribution in [1.82, 2.24) is 5.43 Å². The van der Waals surface area contributed by atoms with E-state index in [1.807, 2.05) is 43.3 Å². The first-order chi connectivity index (χ1) is 14.5. The smallest absolute Gasteiger partial charge is 0.277 e. The molecule has 1 amide bonds. The summed E-state index contributed by atoms with van der Waals surface area (Å²) in [6, 6.07) is 19.5. The Kier molecular flexibility index (Phi) is 7.29. The summed E-state index contributed by atoms with van der Waals surface area (Å²) in [5.41, 5.74) is 5.07. The Bertz CT molecular complexity index is 1080. The predicted octanol–water partition coefficient (Wildman–Crippen LogP) is 5.41. The number of phenols is 1. The highest BCUT2D eigenvalue weighted by atomic mass is 79.9. The molecule has 0 saturated carbocycles. The fourth-order valence-corrected chi connectivity index (χ4v) is 2.74. The number of rotatable bonds is 7. The number of hydrogen-bond acceptors (Lipinski definition) is 6. The minimum Gasteiger partial charge on any atom is -0.507 e. The number of halogens is 1. The number of carbonyl (C=O) groups is 1. The van der Waals surface area contributed by atoms with Crippen molar-refractivity contribution in [3.05, 3.63) is 82.3 Å². The maximum Gasteiger partial charge on any atom is 0.277 e. The van der Waals surface area contributed by atoms with Gasteiger partial charge in [-0.2, -0.15) is 15.3 Å². The molecule has 0 saturated heterocycles. The second-order valence-corrected chi connectivity index (χ2v) is 7.23. The molecule has 152 valence electrons. The van der Waals surface area contributed by atoms with Gasteiger partial charge in [0, 0.05) is 10.0 Å². The summed E-state index contributed by atoms with van der Waals surface area (Å²) in [6.07, 6.45) is 1.33. The summed E-state index contributed by atoms with van der Waals surface area (Å²) in [6.45, 7) is 1.80. The monoisotopic (exact) mass is 466 g/mol. The van der Waals surface area contributed by atoms with Crippen LogP contribution >= 0.6 is 15.9 Å². The fourth-order valence-electron chi connectivity index (χ4n) is 2.35. The summed E-state index contributed by atoms with van der Waals surface area (Å²) >= 11 is 3.38. The Morgan fingerprint density at radius 2 is 1.80 bits per heavy atom. The van der Waals surface area contributed by atoms with E-state index in [9.17, 15) is 9.90 Å². The Morgan fingerprint density at radius 3 is 2.53 bits per heavy atom. The normalized spacial score (nSPS) is 11.1. The highest BCUT2D eigenvalue weighted by molar-refractivity contribution is 9.10. The molecule has 0 aliphatic rings. The molecule has 8 heteroatoms. The second-order valence-electron chi connectivity index (χ2n) is 6.32. The van der Waals surface area contributed by atoms with Crippen molar-refractivity contribution in [2.45, 2.75) is 6.92 Å². The number of hydrazone groups is 1. The lowest BCUT2D eigenvalue weighted by molar-refractivity contribution is -0.123. The van der Waals surface area contributed by atoms with Gasteiger partial charge in [-0.05, 0) is 55.5 Å². The van der Waals surface area contributed by atoms with Gasteiger partial charge in [0.05, 0.1) is 17.6 Å². The van der Waals surface area contributed by atoms with Crippen LogP contribution in [0, 0.1) is 6.92 Å². The highest BCUT2D eigenvalue weighted by Crippen LogP contribution is 2.25. The number of azo groups is 1. The molecule has 0 bridgehead atoms. The van der Waals surface area contributed by atoms with Gasteiger partial charge in [-0.3, -0.25) is 4.79 Å². The van der Waals surface area contributed by atoms with Crippen LogP contribution in [0.5, 0.6) is 11.5 Å². The van der Waals surface area contributed by atoms with Gasteiger partial charge >= 0.3 is 0 Å². The summed E-state index contributed by atoms with van der Waals surface area (Å²) < 4.78 is 6.29. The van der Waals surface area contributed by atoms with Gasteiger partial charge in [0.15, 0.2) is 6.61 Å².